The highest BCUT2D eigenvalue weighted by Gasteiger charge is 2.18. The first-order chi connectivity index (χ1) is 9.90. The van der Waals surface area contributed by atoms with E-state index in [0.717, 1.165) is 0 Å². The SMILES string of the molecule is Cc1ccc(N)cc1S(=O)(=O)NCC(O)c1ccccc1. The fourth-order valence-electron chi connectivity index (χ4n) is 1.97. The quantitative estimate of drug-likeness (QED) is 0.731. The van der Waals surface area contributed by atoms with Crippen LogP contribution in [-0.4, -0.2) is 20.1 Å². The number of benzene rings is 2. The molecule has 112 valence electrons. The first-order valence-corrected chi connectivity index (χ1v) is 7.97. The molecule has 0 aliphatic rings. The summed E-state index contributed by atoms with van der Waals surface area (Å²) in [5.41, 5.74) is 7.27. The van der Waals surface area contributed by atoms with E-state index in [0.29, 0.717) is 16.8 Å². The number of rotatable bonds is 5. The number of nitrogen functional groups attached to an aromatic ring is 1. The zero-order chi connectivity index (χ0) is 15.5. The molecule has 4 N–H and O–H groups in total. The van der Waals surface area contributed by atoms with Crippen LogP contribution in [0.3, 0.4) is 0 Å². The van der Waals surface area contributed by atoms with Crippen molar-refractivity contribution >= 4 is 15.7 Å². The minimum Gasteiger partial charge on any atom is -0.399 e. The summed E-state index contributed by atoms with van der Waals surface area (Å²) in [4.78, 5) is 0.128. The van der Waals surface area contributed by atoms with Crippen molar-refractivity contribution in [2.75, 3.05) is 12.3 Å². The third-order valence-corrected chi connectivity index (χ3v) is 4.72. The van der Waals surface area contributed by atoms with Crippen LogP contribution in [0.15, 0.2) is 53.4 Å². The Balaban J connectivity index is 2.13. The Hall–Kier alpha value is -1.89. The minimum atomic E-state index is -3.71. The van der Waals surface area contributed by atoms with Crippen LogP contribution in [0, 0.1) is 6.92 Å². The lowest BCUT2D eigenvalue weighted by Crippen LogP contribution is -2.29. The zero-order valence-electron chi connectivity index (χ0n) is 11.7. The molecule has 2 aromatic rings. The Kier molecular flexibility index (Phi) is 4.62. The summed E-state index contributed by atoms with van der Waals surface area (Å²) in [5, 5.41) is 10.0. The van der Waals surface area contributed by atoms with Crippen molar-refractivity contribution in [3.63, 3.8) is 0 Å². The third-order valence-electron chi connectivity index (χ3n) is 3.15. The van der Waals surface area contributed by atoms with E-state index in [1.165, 1.54) is 6.07 Å². The molecule has 0 aliphatic heterocycles. The number of aliphatic hydroxyl groups excluding tert-OH is 1. The molecule has 2 rings (SSSR count). The maximum Gasteiger partial charge on any atom is 0.241 e. The predicted molar refractivity (Wildman–Crippen MR) is 82.2 cm³/mol. The van der Waals surface area contributed by atoms with E-state index in [2.05, 4.69) is 4.72 Å². The zero-order valence-corrected chi connectivity index (χ0v) is 12.5. The van der Waals surface area contributed by atoms with E-state index >= 15 is 0 Å². The second-order valence-corrected chi connectivity index (χ2v) is 6.54. The van der Waals surface area contributed by atoms with Crippen LogP contribution in [0.4, 0.5) is 5.69 Å². The highest BCUT2D eigenvalue weighted by Crippen LogP contribution is 2.19. The van der Waals surface area contributed by atoms with Gasteiger partial charge in [-0.25, -0.2) is 13.1 Å². The maximum absolute atomic E-state index is 12.3. The van der Waals surface area contributed by atoms with Crippen molar-refractivity contribution in [2.24, 2.45) is 0 Å². The van der Waals surface area contributed by atoms with E-state index in [1.807, 2.05) is 6.07 Å². The summed E-state index contributed by atoms with van der Waals surface area (Å²) >= 11 is 0. The molecule has 0 aliphatic carbocycles. The predicted octanol–water partition coefficient (Wildman–Crippen LogP) is 1.59. The lowest BCUT2D eigenvalue weighted by Gasteiger charge is -2.14. The molecule has 0 amide bonds. The number of aryl methyl sites for hydroxylation is 1. The molecule has 5 nitrogen and oxygen atoms in total. The van der Waals surface area contributed by atoms with E-state index in [9.17, 15) is 13.5 Å². The van der Waals surface area contributed by atoms with Crippen molar-refractivity contribution in [3.8, 4) is 0 Å². The van der Waals surface area contributed by atoms with Gasteiger partial charge in [0, 0.05) is 12.2 Å². The minimum absolute atomic E-state index is 0.0966. The molecule has 1 unspecified atom stereocenters. The average Bonchev–Trinajstić information content (AvgIpc) is 2.48. The van der Waals surface area contributed by atoms with Crippen molar-refractivity contribution in [2.45, 2.75) is 17.9 Å². The van der Waals surface area contributed by atoms with Gasteiger partial charge in [-0.3, -0.25) is 0 Å². The van der Waals surface area contributed by atoms with Gasteiger partial charge in [-0.15, -0.1) is 0 Å². The molecule has 0 heterocycles. The van der Waals surface area contributed by atoms with Gasteiger partial charge >= 0.3 is 0 Å². The Bertz CT molecular complexity index is 715. The summed E-state index contributed by atoms with van der Waals surface area (Å²) < 4.78 is 26.9. The Morgan fingerprint density at radius 3 is 2.52 bits per heavy atom. The number of aliphatic hydroxyl groups is 1. The third kappa shape index (κ3) is 3.81. The largest absolute Gasteiger partial charge is 0.399 e. The first-order valence-electron chi connectivity index (χ1n) is 6.49. The Morgan fingerprint density at radius 1 is 1.19 bits per heavy atom. The molecule has 1 atom stereocenters. The van der Waals surface area contributed by atoms with Crippen molar-refractivity contribution < 1.29 is 13.5 Å². The number of hydrogen-bond donors (Lipinski definition) is 3. The normalized spacial score (nSPS) is 13.0. The molecule has 2 aromatic carbocycles. The monoisotopic (exact) mass is 306 g/mol. The smallest absolute Gasteiger partial charge is 0.241 e. The van der Waals surface area contributed by atoms with E-state index < -0.39 is 16.1 Å². The number of nitrogens with two attached hydrogens (primary N) is 1. The van der Waals surface area contributed by atoms with Crippen LogP contribution < -0.4 is 10.5 Å². The van der Waals surface area contributed by atoms with Gasteiger partial charge in [0.1, 0.15) is 0 Å². The van der Waals surface area contributed by atoms with Crippen molar-refractivity contribution in [3.05, 3.63) is 59.7 Å². The van der Waals surface area contributed by atoms with Crippen LogP contribution in [0.2, 0.25) is 0 Å². The molecular weight excluding hydrogens is 288 g/mol. The second kappa shape index (κ2) is 6.26. The van der Waals surface area contributed by atoms with Crippen LogP contribution in [0.25, 0.3) is 0 Å². The summed E-state index contributed by atoms with van der Waals surface area (Å²) in [6.07, 6.45) is -0.901. The van der Waals surface area contributed by atoms with Gasteiger partial charge in [-0.05, 0) is 30.2 Å². The van der Waals surface area contributed by atoms with Crippen molar-refractivity contribution in [1.82, 2.24) is 4.72 Å². The fraction of sp³-hybridized carbons (Fsp3) is 0.200. The number of sulfonamides is 1. The lowest BCUT2D eigenvalue weighted by atomic mass is 10.1. The van der Waals surface area contributed by atoms with E-state index in [4.69, 9.17) is 5.73 Å². The van der Waals surface area contributed by atoms with Crippen LogP contribution in [0.5, 0.6) is 0 Å². The van der Waals surface area contributed by atoms with E-state index in [-0.39, 0.29) is 11.4 Å². The van der Waals surface area contributed by atoms with E-state index in [1.54, 1.807) is 43.3 Å². The van der Waals surface area contributed by atoms with Gasteiger partial charge in [0.15, 0.2) is 0 Å². The maximum atomic E-state index is 12.3. The highest BCUT2D eigenvalue weighted by molar-refractivity contribution is 7.89. The highest BCUT2D eigenvalue weighted by atomic mass is 32.2. The molecule has 0 radical (unpaired) electrons. The summed E-state index contributed by atoms with van der Waals surface area (Å²) in [6.45, 7) is 1.60. The first kappa shape index (κ1) is 15.5. The summed E-state index contributed by atoms with van der Waals surface area (Å²) in [6, 6.07) is 13.6. The number of nitrogens with one attached hydrogen (secondary N) is 1. The number of hydrogen-bond acceptors (Lipinski definition) is 4. The average molecular weight is 306 g/mol. The molecule has 0 saturated carbocycles. The van der Waals surface area contributed by atoms with Crippen LogP contribution in [-0.2, 0) is 10.0 Å². The molecule has 21 heavy (non-hydrogen) atoms. The summed E-state index contributed by atoms with van der Waals surface area (Å²) in [5.74, 6) is 0. The molecule has 0 fully saturated rings. The molecule has 0 aromatic heterocycles. The molecule has 0 bridgehead atoms. The van der Waals surface area contributed by atoms with Crippen LogP contribution in [0.1, 0.15) is 17.2 Å². The van der Waals surface area contributed by atoms with Gasteiger partial charge in [0.05, 0.1) is 11.0 Å². The van der Waals surface area contributed by atoms with Gasteiger partial charge < -0.3 is 10.8 Å². The Labute approximate surface area is 124 Å². The molecule has 0 spiro atoms. The molecule has 6 heteroatoms. The standard InChI is InChI=1S/C15H18N2O3S/c1-11-7-8-13(16)9-15(11)21(19,20)17-10-14(18)12-5-3-2-4-6-12/h2-9,14,17-18H,10,16H2,1H3. The molecular formula is C15H18N2O3S. The Morgan fingerprint density at radius 2 is 1.86 bits per heavy atom. The van der Waals surface area contributed by atoms with Crippen molar-refractivity contribution in [1.29, 1.82) is 0 Å². The van der Waals surface area contributed by atoms with Gasteiger partial charge in [0.25, 0.3) is 0 Å². The second-order valence-electron chi connectivity index (χ2n) is 4.80. The topological polar surface area (TPSA) is 92.4 Å². The lowest BCUT2D eigenvalue weighted by molar-refractivity contribution is 0.182. The summed E-state index contributed by atoms with van der Waals surface area (Å²) in [7, 11) is -3.71. The fourth-order valence-corrected chi connectivity index (χ4v) is 3.28. The van der Waals surface area contributed by atoms with Gasteiger partial charge in [-0.1, -0.05) is 36.4 Å². The van der Waals surface area contributed by atoms with Gasteiger partial charge in [-0.2, -0.15) is 0 Å². The molecule has 0 saturated heterocycles. The van der Waals surface area contributed by atoms with Crippen LogP contribution >= 0.6 is 0 Å². The van der Waals surface area contributed by atoms with Gasteiger partial charge in [0.2, 0.25) is 10.0 Å². The number of anilines is 1.